The molecule has 0 atom stereocenters. The fourth-order valence-electron chi connectivity index (χ4n) is 4.79. The van der Waals surface area contributed by atoms with E-state index in [1.54, 1.807) is 17.8 Å². The van der Waals surface area contributed by atoms with Gasteiger partial charge in [-0.05, 0) is 81.0 Å². The highest BCUT2D eigenvalue weighted by Crippen LogP contribution is 2.38. The molecule has 0 spiro atoms. The fraction of sp³-hybridized carbons (Fsp3) is 0.281. The van der Waals surface area contributed by atoms with Gasteiger partial charge in [0.05, 0.1) is 30.7 Å². The molecule has 5 rings (SSSR count). The number of aromatic nitrogens is 2. The van der Waals surface area contributed by atoms with Gasteiger partial charge < -0.3 is 14.8 Å². The molecule has 0 radical (unpaired) electrons. The van der Waals surface area contributed by atoms with Crippen molar-refractivity contribution in [2.75, 3.05) is 18.5 Å². The summed E-state index contributed by atoms with van der Waals surface area (Å²) >= 11 is 1.32. The highest BCUT2D eigenvalue weighted by Gasteiger charge is 2.28. The highest BCUT2D eigenvalue weighted by atomic mass is 32.1. The maximum Gasteiger partial charge on any atom is 0.341 e. The van der Waals surface area contributed by atoms with Gasteiger partial charge in [-0.2, -0.15) is 10.2 Å². The van der Waals surface area contributed by atoms with Gasteiger partial charge in [-0.1, -0.05) is 25.1 Å². The average molecular weight is 600 g/mol. The Morgan fingerprint density at radius 2 is 1.79 bits per heavy atom. The lowest BCUT2D eigenvalue weighted by Gasteiger charge is -2.12. The van der Waals surface area contributed by atoms with Crippen molar-refractivity contribution in [2.45, 2.75) is 46.0 Å². The SMILES string of the molecule is CCCOc1ccc(-c2nn(-c3ccccc3)cc2/C=N\NC(=O)C(=O)Nc2sc3c(c2C(=O)OCC)CCCC3)cc1. The number of hydrogen-bond acceptors (Lipinski definition) is 8. The number of thiophene rings is 1. The van der Waals surface area contributed by atoms with Gasteiger partial charge in [-0.3, -0.25) is 9.59 Å². The molecule has 0 bridgehead atoms. The van der Waals surface area contributed by atoms with Crippen LogP contribution in [0, 0.1) is 0 Å². The van der Waals surface area contributed by atoms with E-state index in [0.717, 1.165) is 59.5 Å². The van der Waals surface area contributed by atoms with Crippen LogP contribution in [0.5, 0.6) is 5.75 Å². The molecule has 43 heavy (non-hydrogen) atoms. The number of anilines is 1. The summed E-state index contributed by atoms with van der Waals surface area (Å²) in [7, 11) is 0. The summed E-state index contributed by atoms with van der Waals surface area (Å²) in [4.78, 5) is 39.3. The lowest BCUT2D eigenvalue weighted by molar-refractivity contribution is -0.136. The summed E-state index contributed by atoms with van der Waals surface area (Å²) in [6.45, 7) is 4.62. The Kier molecular flexibility index (Phi) is 9.63. The van der Waals surface area contributed by atoms with E-state index in [1.165, 1.54) is 17.6 Å². The predicted octanol–water partition coefficient (Wildman–Crippen LogP) is 5.53. The lowest BCUT2D eigenvalue weighted by atomic mass is 9.95. The number of benzene rings is 2. The van der Waals surface area contributed by atoms with Gasteiger partial charge in [0.15, 0.2) is 0 Å². The second-order valence-electron chi connectivity index (χ2n) is 9.87. The zero-order chi connectivity index (χ0) is 30.2. The van der Waals surface area contributed by atoms with Crippen molar-refractivity contribution in [2.24, 2.45) is 5.10 Å². The number of carbonyl (C=O) groups is 3. The Bertz CT molecular complexity index is 1630. The van der Waals surface area contributed by atoms with Crippen molar-refractivity contribution >= 4 is 40.3 Å². The fourth-order valence-corrected chi connectivity index (χ4v) is 6.06. The Hall–Kier alpha value is -4.77. The maximum atomic E-state index is 12.8. The molecule has 1 aliphatic rings. The van der Waals surface area contributed by atoms with E-state index in [2.05, 4.69) is 15.8 Å². The second kappa shape index (κ2) is 13.9. The predicted molar refractivity (Wildman–Crippen MR) is 166 cm³/mol. The summed E-state index contributed by atoms with van der Waals surface area (Å²) < 4.78 is 12.7. The van der Waals surface area contributed by atoms with E-state index >= 15 is 0 Å². The van der Waals surface area contributed by atoms with E-state index in [1.807, 2.05) is 61.5 Å². The number of carbonyl (C=O) groups excluding carboxylic acids is 3. The first-order valence-electron chi connectivity index (χ1n) is 14.3. The summed E-state index contributed by atoms with van der Waals surface area (Å²) in [5.74, 6) is -1.63. The van der Waals surface area contributed by atoms with Gasteiger partial charge in [-0.25, -0.2) is 14.9 Å². The van der Waals surface area contributed by atoms with Crippen LogP contribution in [0.25, 0.3) is 16.9 Å². The van der Waals surface area contributed by atoms with E-state index < -0.39 is 17.8 Å². The van der Waals surface area contributed by atoms with E-state index in [-0.39, 0.29) is 6.61 Å². The Labute approximate surface area is 253 Å². The number of ether oxygens (including phenoxy) is 2. The topological polar surface area (TPSA) is 124 Å². The minimum atomic E-state index is -0.966. The Morgan fingerprint density at radius 1 is 1.02 bits per heavy atom. The van der Waals surface area contributed by atoms with Gasteiger partial charge in [0.1, 0.15) is 16.4 Å². The molecule has 0 aliphatic heterocycles. The first-order valence-corrected chi connectivity index (χ1v) is 15.1. The number of rotatable bonds is 10. The summed E-state index contributed by atoms with van der Waals surface area (Å²) in [5, 5.41) is 11.7. The minimum Gasteiger partial charge on any atom is -0.494 e. The second-order valence-corrected chi connectivity index (χ2v) is 11.0. The minimum absolute atomic E-state index is 0.214. The molecule has 11 heteroatoms. The Morgan fingerprint density at radius 3 is 2.53 bits per heavy atom. The first kappa shape index (κ1) is 29.7. The van der Waals surface area contributed by atoms with Crippen molar-refractivity contribution in [3.8, 4) is 22.7 Å². The zero-order valence-electron chi connectivity index (χ0n) is 24.1. The van der Waals surface area contributed by atoms with Crippen LogP contribution in [0.1, 0.15) is 59.5 Å². The molecule has 10 nitrogen and oxygen atoms in total. The number of hydrazone groups is 1. The number of nitrogens with one attached hydrogen (secondary N) is 2. The summed E-state index contributed by atoms with van der Waals surface area (Å²) in [6.07, 6.45) is 7.68. The largest absolute Gasteiger partial charge is 0.494 e. The molecule has 2 aromatic carbocycles. The number of hydrogen-bond donors (Lipinski definition) is 2. The van der Waals surface area contributed by atoms with Crippen LogP contribution in [-0.2, 0) is 27.2 Å². The molecule has 0 saturated carbocycles. The van der Waals surface area contributed by atoms with Crippen LogP contribution < -0.4 is 15.5 Å². The first-order chi connectivity index (χ1) is 21.0. The lowest BCUT2D eigenvalue weighted by Crippen LogP contribution is -2.32. The number of amides is 2. The molecule has 0 unspecified atom stereocenters. The summed E-state index contributed by atoms with van der Waals surface area (Å²) in [5.41, 5.74) is 6.49. The van der Waals surface area contributed by atoms with Gasteiger partial charge in [-0.15, -0.1) is 11.3 Å². The smallest absolute Gasteiger partial charge is 0.341 e. The standard InChI is InChI=1S/C32H33N5O5S/c1-3-18-42-24-16-14-21(15-17-24)28-22(20-37(36-28)23-10-6-5-7-11-23)19-33-35-30(39)29(38)34-31-27(32(40)41-4-2)25-12-8-9-13-26(25)43-31/h5-7,10-11,14-17,19-20H,3-4,8-9,12-13,18H2,1-2H3,(H,34,38)(H,35,39)/b33-19-. The van der Waals surface area contributed by atoms with Crippen molar-refractivity contribution in [3.63, 3.8) is 0 Å². The van der Waals surface area contributed by atoms with Gasteiger partial charge in [0.25, 0.3) is 0 Å². The Balaban J connectivity index is 1.33. The molecule has 0 saturated heterocycles. The average Bonchev–Trinajstić information content (AvgIpc) is 3.62. The molecule has 2 heterocycles. The van der Waals surface area contributed by atoms with Crippen LogP contribution >= 0.6 is 11.3 Å². The molecule has 1 aliphatic carbocycles. The maximum absolute atomic E-state index is 12.8. The van der Waals surface area contributed by atoms with E-state index in [9.17, 15) is 14.4 Å². The molecule has 4 aromatic rings. The molecule has 2 N–H and O–H groups in total. The van der Waals surface area contributed by atoms with Gasteiger partial charge in [0, 0.05) is 22.2 Å². The molecular weight excluding hydrogens is 566 g/mol. The van der Waals surface area contributed by atoms with Crippen molar-refractivity contribution < 1.29 is 23.9 Å². The molecule has 2 aromatic heterocycles. The molecule has 222 valence electrons. The third-order valence-electron chi connectivity index (χ3n) is 6.82. The monoisotopic (exact) mass is 599 g/mol. The number of fused-ring (bicyclic) bond motifs is 1. The number of nitrogens with zero attached hydrogens (tertiary/aromatic N) is 3. The number of aryl methyl sites for hydroxylation is 1. The highest BCUT2D eigenvalue weighted by molar-refractivity contribution is 7.17. The normalized spacial score (nSPS) is 12.5. The zero-order valence-corrected chi connectivity index (χ0v) is 24.9. The third kappa shape index (κ3) is 7.00. The molecular formula is C32H33N5O5S. The van der Waals surface area contributed by atoms with Crippen molar-refractivity contribution in [1.29, 1.82) is 0 Å². The van der Waals surface area contributed by atoms with Crippen LogP contribution in [0.2, 0.25) is 0 Å². The van der Waals surface area contributed by atoms with Gasteiger partial charge in [0.2, 0.25) is 0 Å². The molecule has 2 amide bonds. The van der Waals surface area contributed by atoms with Crippen LogP contribution in [0.15, 0.2) is 65.9 Å². The van der Waals surface area contributed by atoms with Gasteiger partial charge >= 0.3 is 17.8 Å². The number of para-hydroxylation sites is 1. The number of esters is 1. The van der Waals surface area contributed by atoms with E-state index in [4.69, 9.17) is 14.6 Å². The third-order valence-corrected chi connectivity index (χ3v) is 8.02. The van der Waals surface area contributed by atoms with Crippen LogP contribution in [-0.4, -0.2) is 47.0 Å². The summed E-state index contributed by atoms with van der Waals surface area (Å²) in [6, 6.07) is 17.2. The van der Waals surface area contributed by atoms with E-state index in [0.29, 0.717) is 28.4 Å². The van der Waals surface area contributed by atoms with Crippen molar-refractivity contribution in [1.82, 2.24) is 15.2 Å². The van der Waals surface area contributed by atoms with Crippen LogP contribution in [0.3, 0.4) is 0 Å². The quantitative estimate of drug-likeness (QED) is 0.107. The van der Waals surface area contributed by atoms with Crippen molar-refractivity contribution in [3.05, 3.63) is 82.4 Å². The van der Waals surface area contributed by atoms with Crippen LogP contribution in [0.4, 0.5) is 5.00 Å². The molecule has 0 fully saturated rings.